The number of carboxylic acids is 1. The number of azide groups is 1. The van der Waals surface area contributed by atoms with E-state index in [1.165, 1.54) is 40.0 Å². The quantitative estimate of drug-likeness (QED) is 0.00303. The molecule has 11 aromatic rings. The first kappa shape index (κ1) is 125. The van der Waals surface area contributed by atoms with Gasteiger partial charge in [0.25, 0.3) is 0 Å². The molecule has 38 nitrogen and oxygen atoms in total. The minimum absolute atomic E-state index is 0. The van der Waals surface area contributed by atoms with Gasteiger partial charge in [-0.05, 0) is 232 Å². The second kappa shape index (κ2) is 58.3. The molecule has 3 aliphatic heterocycles. The Labute approximate surface area is 926 Å². The molecule has 776 valence electrons. The third kappa shape index (κ3) is 46.1. The van der Waals surface area contributed by atoms with Crippen LogP contribution in [0.4, 0.5) is 28.4 Å². The molecule has 2 aliphatic carbocycles. The van der Waals surface area contributed by atoms with E-state index < -0.39 is 75.5 Å². The van der Waals surface area contributed by atoms with E-state index in [1.54, 1.807) is 65.5 Å². The average Bonchev–Trinajstić information content (AvgIpc) is 1.66. The van der Waals surface area contributed by atoms with E-state index in [4.69, 9.17) is 111 Å². The van der Waals surface area contributed by atoms with Crippen molar-refractivity contribution in [3.05, 3.63) is 228 Å². The molecule has 0 amide bonds. The third-order valence-corrected chi connectivity index (χ3v) is 26.3. The number of carbonyl (C=O) groups excluding carboxylic acids is 4. The molecule has 0 bridgehead atoms. The smallest absolute Gasteiger partial charge is 0.480 e. The van der Waals surface area contributed by atoms with Gasteiger partial charge >= 0.3 is 66.5 Å². The van der Waals surface area contributed by atoms with Gasteiger partial charge in [-0.3, -0.25) is 24.7 Å². The zero-order chi connectivity index (χ0) is 108. The molecule has 2 fully saturated rings. The van der Waals surface area contributed by atoms with Crippen LogP contribution in [-0.2, 0) is 90.4 Å². The summed E-state index contributed by atoms with van der Waals surface area (Å²) < 4.78 is 46.8. The maximum absolute atomic E-state index is 12.3. The molecule has 0 unspecified atom stereocenters. The minimum Gasteiger partial charge on any atom is -0.480 e. The number of carboxylic acid groups (broad SMARTS) is 1. The van der Waals surface area contributed by atoms with Gasteiger partial charge in [-0.25, -0.2) is 43.2 Å². The standard InChI is InChI=1S/C24H35N5O3Si.C21H30BrN5O3Si.C16H17BrN4O2.C9H7BrClN.C9H7BrN4.C7H10O2.C6H7BrN2.C3H7BO2.C2H3ClO2.N3.Na/c1-24(2,3)32-23(30)20-14-28(27-26-20)15-22-25-19-13-18(17-7-8-17)9-10-21(19)29(22)16-31-11-12-33(4,5)6;1-21(2,3)30-20(28)17-12-26(25-24-17)13-19-23-16-11-15(22)7-8-18(16)27(19)14-29-9-10-31(4,5)6;1-16(2,3)23-15(22)14-9-21(20-19-14)8-12-6-10-4-5-11(17)7-13(10)18-12;10-7-2-1-6-3-8(5-11)12-9(6)4-7;10-7-2-1-6-3-8(5-12-14-11)13-9(6)4-7;1-5-6(8)9-7(2,3)4;7-4-1-2-5(8)6(9)3-4;5-4(6)3-1-2-3;3-1-2(4)5;1-3-2;/h9-10,13-14,17H,7-8,11-12,15-16H2,1-6H3;7-8,11-12H,9-10,13-14H2,1-6H3;4-5,7,9H,6,8H2,1-3H3;1-2,4H,3,5H2;1-2,4H,3,5H2;1H,2-4H3;1-3H,8-9H2;3,5-6H,1-2H2;1H2,(H,4,5);;/q;;;;;;;;;-1;+1. The Bertz CT molecular complexity index is 6510. The van der Waals surface area contributed by atoms with Crippen molar-refractivity contribution in [3.63, 3.8) is 0 Å². The summed E-state index contributed by atoms with van der Waals surface area (Å²) in [4.78, 5) is 83.4. The molecule has 0 atom stereocenters. The van der Waals surface area contributed by atoms with Crippen molar-refractivity contribution in [2.24, 2.45) is 20.1 Å². The molecule has 49 heteroatoms. The van der Waals surface area contributed by atoms with Crippen LogP contribution in [0, 0.1) is 12.3 Å². The number of nitrogen functional groups attached to an aromatic ring is 2. The second-order valence-corrected chi connectivity index (χ2v) is 56.2. The number of nitrogens with zero attached hydrogens (tertiary/aromatic N) is 22. The van der Waals surface area contributed by atoms with Crippen LogP contribution < -0.4 is 41.0 Å². The van der Waals surface area contributed by atoms with Crippen LogP contribution in [0.2, 0.25) is 57.2 Å². The molecule has 7 N–H and O–H groups in total. The van der Waals surface area contributed by atoms with Gasteiger partial charge in [0.2, 0.25) is 0 Å². The van der Waals surface area contributed by atoms with Gasteiger partial charge < -0.3 is 75.2 Å². The molecular formula is C97H123BBr5Cl2N24NaO14Si2. The molecule has 0 saturated heterocycles. The van der Waals surface area contributed by atoms with Crippen molar-refractivity contribution in [1.82, 2.24) is 64.1 Å². The number of carbonyl (C=O) groups is 5. The SMILES string of the molecule is C#CC(=O)OC(C)(C)C.CC(C)(C)OC(=O)c1cn(CC2=Nc3cc(Br)ccc3C2)nn1.CC(C)(C)OC(=O)c1cn(Cc2nc3cc(Br)ccc3n2COCC[Si](C)(C)C)nn1.CC(C)(C)OC(=O)c1cn(Cc2nc3cc(C4CC4)ccc3n2COCC[Si](C)(C)C)nn1.ClCC1=Nc2cc(Br)ccc2C1.Nc1ccc(Br)cc1N.O=C(O)CCl.OB(O)C1CC1.[N-]=[N+]=NCC1=Nc2cc(Br)ccc2C1.[N-]=[N+]=[N-].[Na+]. The number of terminal acetylenes is 1. The molecule has 5 aromatic heterocycles. The summed E-state index contributed by atoms with van der Waals surface area (Å²) in [6, 6.07) is 38.3. The monoisotopic (exact) mass is 2400 g/mol. The summed E-state index contributed by atoms with van der Waals surface area (Å²) in [7, 11) is -3.36. The topological polar surface area (TPSA) is 526 Å². The maximum atomic E-state index is 12.3. The van der Waals surface area contributed by atoms with E-state index in [1.807, 2.05) is 140 Å². The van der Waals surface area contributed by atoms with Crippen LogP contribution >= 0.6 is 103 Å². The summed E-state index contributed by atoms with van der Waals surface area (Å²) in [6.45, 7) is 39.6. The fourth-order valence-electron chi connectivity index (χ4n) is 12.8. The van der Waals surface area contributed by atoms with Gasteiger partial charge in [0.15, 0.2) is 17.1 Å². The number of ether oxygens (including phenoxy) is 6. The van der Waals surface area contributed by atoms with Gasteiger partial charge in [0.1, 0.15) is 66.5 Å². The number of aromatic nitrogens is 13. The van der Waals surface area contributed by atoms with Gasteiger partial charge in [-0.1, -0.05) is 177 Å². The molecule has 6 aromatic carbocycles. The zero-order valence-electron chi connectivity index (χ0n) is 85.3. The van der Waals surface area contributed by atoms with E-state index in [9.17, 15) is 24.0 Å². The first-order chi connectivity index (χ1) is 67.9. The first-order valence-corrected chi connectivity index (χ1v) is 58.3. The van der Waals surface area contributed by atoms with Gasteiger partial charge in [0.05, 0.1) is 88.1 Å². The Hall–Kier alpha value is -9.86. The number of fused-ring (bicyclic) bond motifs is 5. The number of halogens is 7. The van der Waals surface area contributed by atoms with Gasteiger partial charge in [-0.2, -0.15) is 0 Å². The molecular weight excluding hydrogens is 2290 g/mol. The fourth-order valence-corrected chi connectivity index (χ4v) is 16.2. The number of imidazole rings is 2. The summed E-state index contributed by atoms with van der Waals surface area (Å²) in [5.41, 5.74) is 47.1. The third-order valence-electron chi connectivity index (χ3n) is 19.9. The number of aliphatic imine (C=N–C) groups is 3. The first-order valence-electron chi connectivity index (χ1n) is 45.9. The van der Waals surface area contributed by atoms with Crippen molar-refractivity contribution >= 4 is 224 Å². The van der Waals surface area contributed by atoms with E-state index in [2.05, 4.69) is 210 Å². The summed E-state index contributed by atoms with van der Waals surface area (Å²) in [6.07, 6.45) is 16.5. The molecule has 5 aliphatic rings. The van der Waals surface area contributed by atoms with Crippen LogP contribution in [0.5, 0.6) is 0 Å². The zero-order valence-corrected chi connectivity index (χ0v) is 98.8. The number of benzene rings is 6. The number of esters is 4. The van der Waals surface area contributed by atoms with Crippen molar-refractivity contribution in [2.45, 2.75) is 247 Å². The predicted molar refractivity (Wildman–Crippen MR) is 590 cm³/mol. The van der Waals surface area contributed by atoms with Gasteiger partial charge in [-0.15, -0.1) is 44.9 Å². The van der Waals surface area contributed by atoms with E-state index in [0.717, 1.165) is 148 Å². The van der Waals surface area contributed by atoms with E-state index >= 15 is 0 Å². The van der Waals surface area contributed by atoms with Crippen molar-refractivity contribution < 1.29 is 97.1 Å². The number of anilines is 2. The maximum Gasteiger partial charge on any atom is 1.00 e. The molecule has 2 saturated carbocycles. The van der Waals surface area contributed by atoms with Crippen LogP contribution in [0.25, 0.3) is 48.5 Å². The Morgan fingerprint density at radius 3 is 1.23 bits per heavy atom. The Morgan fingerprint density at radius 1 is 0.521 bits per heavy atom. The molecule has 8 heterocycles. The Balaban J connectivity index is 0.000000265. The Kier molecular flexibility index (Phi) is 49.9. The molecule has 16 rings (SSSR count). The number of alkyl halides is 2. The van der Waals surface area contributed by atoms with Crippen LogP contribution in [-0.4, -0.2) is 203 Å². The summed E-state index contributed by atoms with van der Waals surface area (Å²) in [5.74, 6) is 1.54. The molecule has 0 radical (unpaired) electrons. The number of rotatable bonds is 25. The molecule has 0 spiro atoms. The van der Waals surface area contributed by atoms with E-state index in [-0.39, 0.29) is 58.3 Å². The van der Waals surface area contributed by atoms with Gasteiger partial charge in [0, 0.05) is 99.0 Å². The number of hydrogen-bond donors (Lipinski definition) is 5. The predicted octanol–water partition coefficient (Wildman–Crippen LogP) is 19.9. The van der Waals surface area contributed by atoms with E-state index in [0.29, 0.717) is 62.8 Å². The second-order valence-electron chi connectivity index (χ2n) is 39.9. The normalized spacial score (nSPS) is 12.9. The number of aliphatic carboxylic acids is 1. The Morgan fingerprint density at radius 2 is 0.884 bits per heavy atom. The minimum atomic E-state index is -1.16. The summed E-state index contributed by atoms with van der Waals surface area (Å²) >= 11 is 27.4. The van der Waals surface area contributed by atoms with Crippen LogP contribution in [0.1, 0.15) is 180 Å². The number of nitrogens with two attached hydrogens (primary N) is 2. The molecule has 146 heavy (non-hydrogen) atoms. The van der Waals surface area contributed by atoms with Crippen LogP contribution in [0.3, 0.4) is 0 Å². The van der Waals surface area contributed by atoms with Crippen molar-refractivity contribution in [3.8, 4) is 12.3 Å². The van der Waals surface area contributed by atoms with Crippen molar-refractivity contribution in [1.29, 1.82) is 0 Å². The number of hydrogen-bond acceptors (Lipinski definition) is 27. The largest absolute Gasteiger partial charge is 1.00 e. The summed E-state index contributed by atoms with van der Waals surface area (Å²) in [5, 5.41) is 51.6. The van der Waals surface area contributed by atoms with Crippen molar-refractivity contribution in [2.75, 3.05) is 43.0 Å². The van der Waals surface area contributed by atoms with Crippen LogP contribution in [0.15, 0.2) is 170 Å². The fraction of sp³-hybridized carbons (Fsp3) is 0.443. The average molecular weight is 2410 g/mol.